The van der Waals surface area contributed by atoms with Crippen molar-refractivity contribution in [2.45, 2.75) is 16.7 Å². The number of aryl methyl sites for hydroxylation is 1. The van der Waals surface area contributed by atoms with Gasteiger partial charge in [0.25, 0.3) is 5.91 Å². The Hall–Kier alpha value is -3.89. The zero-order valence-corrected chi connectivity index (χ0v) is 16.9. The maximum Gasteiger partial charge on any atom is 0.256 e. The number of benzene rings is 3. The Morgan fingerprint density at radius 1 is 1.03 bits per heavy atom. The second-order valence-corrected chi connectivity index (χ2v) is 7.57. The molecule has 1 amide bonds. The highest BCUT2D eigenvalue weighted by molar-refractivity contribution is 7.99. The van der Waals surface area contributed by atoms with Gasteiger partial charge in [-0.2, -0.15) is 10.4 Å². The van der Waals surface area contributed by atoms with E-state index in [2.05, 4.69) is 26.6 Å². The molecule has 7 heteroatoms. The molecule has 1 heterocycles. The summed E-state index contributed by atoms with van der Waals surface area (Å²) in [4.78, 5) is 18.9. The summed E-state index contributed by atoms with van der Waals surface area (Å²) in [5, 5.41) is 19.3. The molecule has 0 aliphatic heterocycles. The Morgan fingerprint density at radius 3 is 2.57 bits per heavy atom. The fourth-order valence-corrected chi connectivity index (χ4v) is 3.94. The minimum atomic E-state index is -0.226. The van der Waals surface area contributed by atoms with Crippen molar-refractivity contribution in [1.29, 1.82) is 5.26 Å². The lowest BCUT2D eigenvalue weighted by molar-refractivity contribution is 0.102. The summed E-state index contributed by atoms with van der Waals surface area (Å²) in [6, 6.07) is 24.3. The molecule has 0 aliphatic rings. The number of carbonyl (C=O) groups is 1. The summed E-state index contributed by atoms with van der Waals surface area (Å²) in [5.74, 6) is 1.08. The van der Waals surface area contributed by atoms with Gasteiger partial charge in [0.05, 0.1) is 11.1 Å². The number of rotatable bonds is 5. The number of H-pyrrole nitrogens is 1. The van der Waals surface area contributed by atoms with E-state index in [1.54, 1.807) is 12.1 Å². The number of hydrogen-bond acceptors (Lipinski definition) is 5. The average Bonchev–Trinajstić information content (AvgIpc) is 3.21. The molecule has 0 saturated heterocycles. The van der Waals surface area contributed by atoms with E-state index < -0.39 is 0 Å². The van der Waals surface area contributed by atoms with Gasteiger partial charge in [0, 0.05) is 21.0 Å². The van der Waals surface area contributed by atoms with Crippen LogP contribution in [0.3, 0.4) is 0 Å². The molecule has 30 heavy (non-hydrogen) atoms. The predicted molar refractivity (Wildman–Crippen MR) is 116 cm³/mol. The van der Waals surface area contributed by atoms with Gasteiger partial charge in [-0.05, 0) is 43.3 Å². The van der Waals surface area contributed by atoms with E-state index in [1.165, 1.54) is 11.8 Å². The van der Waals surface area contributed by atoms with Crippen LogP contribution in [0, 0.1) is 18.3 Å². The maximum atomic E-state index is 13.0. The number of aromatic amines is 1. The third-order valence-corrected chi connectivity index (χ3v) is 5.49. The van der Waals surface area contributed by atoms with Crippen LogP contribution in [0.1, 0.15) is 21.7 Å². The average molecular weight is 411 g/mol. The number of carbonyl (C=O) groups excluding carboxylic acids is 1. The van der Waals surface area contributed by atoms with Crippen molar-refractivity contribution in [2.24, 2.45) is 0 Å². The summed E-state index contributed by atoms with van der Waals surface area (Å²) in [6.07, 6.45) is 0. The van der Waals surface area contributed by atoms with E-state index >= 15 is 0 Å². The minimum Gasteiger partial charge on any atom is -0.322 e. The lowest BCUT2D eigenvalue weighted by atomic mass is 10.1. The number of anilines is 1. The molecule has 0 fully saturated rings. The molecule has 3 aromatic carbocycles. The molecule has 146 valence electrons. The number of amides is 1. The highest BCUT2D eigenvalue weighted by Crippen LogP contribution is 2.33. The van der Waals surface area contributed by atoms with Crippen LogP contribution in [0.15, 0.2) is 82.6 Å². The van der Waals surface area contributed by atoms with Crippen LogP contribution in [0.5, 0.6) is 0 Å². The molecular weight excluding hydrogens is 394 g/mol. The SMILES string of the molecule is Cc1nc(-c2cccc(NC(=O)c3ccccc3Sc3ccccc3C#N)c2)n[nH]1. The van der Waals surface area contributed by atoms with E-state index in [0.29, 0.717) is 22.6 Å². The fraction of sp³-hybridized carbons (Fsp3) is 0.0435. The molecule has 0 unspecified atom stereocenters. The van der Waals surface area contributed by atoms with Gasteiger partial charge in [-0.1, -0.05) is 48.2 Å². The van der Waals surface area contributed by atoms with Crippen molar-refractivity contribution in [3.05, 3.63) is 89.7 Å². The lowest BCUT2D eigenvalue weighted by Gasteiger charge is -2.11. The fourth-order valence-electron chi connectivity index (χ4n) is 2.92. The van der Waals surface area contributed by atoms with Crippen LogP contribution < -0.4 is 5.32 Å². The quantitative estimate of drug-likeness (QED) is 0.479. The van der Waals surface area contributed by atoms with Gasteiger partial charge in [-0.3, -0.25) is 9.89 Å². The molecule has 0 bridgehead atoms. The summed E-state index contributed by atoms with van der Waals surface area (Å²) in [6.45, 7) is 1.83. The number of hydrogen-bond donors (Lipinski definition) is 2. The second kappa shape index (κ2) is 8.64. The van der Waals surface area contributed by atoms with E-state index in [-0.39, 0.29) is 5.91 Å². The molecule has 4 rings (SSSR count). The van der Waals surface area contributed by atoms with Gasteiger partial charge >= 0.3 is 0 Å². The van der Waals surface area contributed by atoms with Crippen molar-refractivity contribution >= 4 is 23.4 Å². The first-order valence-electron chi connectivity index (χ1n) is 9.21. The third-order valence-electron chi connectivity index (χ3n) is 4.33. The zero-order chi connectivity index (χ0) is 20.9. The highest BCUT2D eigenvalue weighted by Gasteiger charge is 2.14. The first-order chi connectivity index (χ1) is 14.6. The van der Waals surface area contributed by atoms with Gasteiger partial charge in [0.1, 0.15) is 11.9 Å². The summed E-state index contributed by atoms with van der Waals surface area (Å²) in [5.41, 5.74) is 2.57. The lowest BCUT2D eigenvalue weighted by Crippen LogP contribution is -2.13. The number of nitrogens with one attached hydrogen (secondary N) is 2. The zero-order valence-electron chi connectivity index (χ0n) is 16.1. The van der Waals surface area contributed by atoms with Gasteiger partial charge in [0.2, 0.25) is 0 Å². The summed E-state index contributed by atoms with van der Waals surface area (Å²) in [7, 11) is 0. The minimum absolute atomic E-state index is 0.226. The van der Waals surface area contributed by atoms with E-state index in [9.17, 15) is 10.1 Å². The Bertz CT molecular complexity index is 1260. The van der Waals surface area contributed by atoms with Crippen molar-refractivity contribution in [1.82, 2.24) is 15.2 Å². The third kappa shape index (κ3) is 4.24. The maximum absolute atomic E-state index is 13.0. The molecule has 0 spiro atoms. The normalized spacial score (nSPS) is 10.4. The molecule has 0 radical (unpaired) electrons. The van der Waals surface area contributed by atoms with Crippen LogP contribution in [-0.2, 0) is 0 Å². The van der Waals surface area contributed by atoms with Crippen LogP contribution in [0.2, 0.25) is 0 Å². The molecule has 0 aliphatic carbocycles. The van der Waals surface area contributed by atoms with Crippen LogP contribution in [0.25, 0.3) is 11.4 Å². The van der Waals surface area contributed by atoms with Crippen molar-refractivity contribution in [3.8, 4) is 17.5 Å². The second-order valence-electron chi connectivity index (χ2n) is 6.49. The Kier molecular flexibility index (Phi) is 5.59. The number of nitriles is 1. The standard InChI is InChI=1S/C23H17N5OS/c1-15-25-22(28-27-15)16-8-6-9-18(13-16)26-23(29)19-10-3-5-12-21(19)30-20-11-4-2-7-17(20)14-24/h2-13H,1H3,(H,26,29)(H,25,27,28). The van der Waals surface area contributed by atoms with Gasteiger partial charge in [-0.25, -0.2) is 4.98 Å². The Morgan fingerprint density at radius 2 is 1.80 bits per heavy atom. The largest absolute Gasteiger partial charge is 0.322 e. The van der Waals surface area contributed by atoms with Crippen molar-refractivity contribution < 1.29 is 4.79 Å². The van der Waals surface area contributed by atoms with Crippen LogP contribution in [-0.4, -0.2) is 21.1 Å². The molecule has 0 saturated carbocycles. The van der Waals surface area contributed by atoms with Crippen LogP contribution >= 0.6 is 11.8 Å². The van der Waals surface area contributed by atoms with E-state index in [0.717, 1.165) is 21.2 Å². The number of aromatic nitrogens is 3. The smallest absolute Gasteiger partial charge is 0.256 e. The molecule has 0 atom stereocenters. The summed E-state index contributed by atoms with van der Waals surface area (Å²) >= 11 is 1.40. The van der Waals surface area contributed by atoms with E-state index in [4.69, 9.17) is 0 Å². The predicted octanol–water partition coefficient (Wildman–Crippen LogP) is 5.06. The monoisotopic (exact) mass is 411 g/mol. The highest BCUT2D eigenvalue weighted by atomic mass is 32.2. The summed E-state index contributed by atoms with van der Waals surface area (Å²) < 4.78 is 0. The van der Waals surface area contributed by atoms with Gasteiger partial charge in [-0.15, -0.1) is 0 Å². The van der Waals surface area contributed by atoms with Gasteiger partial charge < -0.3 is 5.32 Å². The molecule has 1 aromatic heterocycles. The first-order valence-corrected chi connectivity index (χ1v) is 10.0. The molecule has 2 N–H and O–H groups in total. The topological polar surface area (TPSA) is 94.5 Å². The number of nitrogens with zero attached hydrogens (tertiary/aromatic N) is 3. The van der Waals surface area contributed by atoms with Crippen molar-refractivity contribution in [3.63, 3.8) is 0 Å². The molecule has 4 aromatic rings. The Labute approximate surface area is 178 Å². The van der Waals surface area contributed by atoms with E-state index in [1.807, 2.05) is 67.6 Å². The van der Waals surface area contributed by atoms with Crippen molar-refractivity contribution in [2.75, 3.05) is 5.32 Å². The molecule has 6 nitrogen and oxygen atoms in total. The van der Waals surface area contributed by atoms with Gasteiger partial charge in [0.15, 0.2) is 5.82 Å². The Balaban J connectivity index is 1.58. The van der Waals surface area contributed by atoms with Crippen LogP contribution in [0.4, 0.5) is 5.69 Å². The first kappa shape index (κ1) is 19.4. The molecular formula is C23H17N5OS.